The van der Waals surface area contributed by atoms with Gasteiger partial charge in [-0.2, -0.15) is 18.3 Å². The fourth-order valence-electron chi connectivity index (χ4n) is 4.23. The summed E-state index contributed by atoms with van der Waals surface area (Å²) in [5.74, 6) is -0.730. The third kappa shape index (κ3) is 3.87. The van der Waals surface area contributed by atoms with E-state index in [0.29, 0.717) is 11.0 Å². The summed E-state index contributed by atoms with van der Waals surface area (Å²) in [6, 6.07) is 2.57. The number of carbonyl (C=O) groups is 1. The second-order valence-corrected chi connectivity index (χ2v) is 8.56. The van der Waals surface area contributed by atoms with Crippen molar-refractivity contribution in [3.05, 3.63) is 47.4 Å². The van der Waals surface area contributed by atoms with E-state index in [9.17, 15) is 22.4 Å². The molecule has 0 fully saturated rings. The van der Waals surface area contributed by atoms with Gasteiger partial charge in [0.2, 0.25) is 5.91 Å². The lowest BCUT2D eigenvalue weighted by atomic mass is 9.81. The fourth-order valence-corrected chi connectivity index (χ4v) is 4.23. The number of hydrogen-bond acceptors (Lipinski definition) is 8. The summed E-state index contributed by atoms with van der Waals surface area (Å²) in [5.41, 5.74) is 6.05. The van der Waals surface area contributed by atoms with Crippen LogP contribution in [0, 0.1) is 5.82 Å². The maximum Gasteiger partial charge on any atom is 0.389 e. The van der Waals surface area contributed by atoms with Crippen molar-refractivity contribution in [2.24, 2.45) is 7.05 Å². The number of alkyl halides is 3. The lowest BCUT2D eigenvalue weighted by Gasteiger charge is -2.22. The zero-order chi connectivity index (χ0) is 25.8. The van der Waals surface area contributed by atoms with Crippen LogP contribution in [0.2, 0.25) is 0 Å². The molecule has 0 saturated carbocycles. The molecule has 14 heteroatoms. The minimum Gasteiger partial charge on any atom is -0.383 e. The molecule has 0 bridgehead atoms. The van der Waals surface area contributed by atoms with Gasteiger partial charge in [0.25, 0.3) is 0 Å². The number of nitrogens with one attached hydrogen (secondary N) is 1. The van der Waals surface area contributed by atoms with Gasteiger partial charge in [0, 0.05) is 19.9 Å². The Kier molecular flexibility index (Phi) is 5.34. The van der Waals surface area contributed by atoms with Crippen LogP contribution < -0.4 is 11.1 Å². The molecular weight excluding hydrogens is 482 g/mol. The minimum absolute atomic E-state index is 0.0287. The van der Waals surface area contributed by atoms with E-state index in [4.69, 9.17) is 5.73 Å². The van der Waals surface area contributed by atoms with E-state index < -0.39 is 29.7 Å². The summed E-state index contributed by atoms with van der Waals surface area (Å²) in [4.78, 5) is 34.6. The molecule has 0 aromatic carbocycles. The molecule has 0 aliphatic carbocycles. The Bertz CT molecular complexity index is 1500. The maximum absolute atomic E-state index is 13.4. The van der Waals surface area contributed by atoms with Crippen molar-refractivity contribution in [3.63, 3.8) is 0 Å². The van der Waals surface area contributed by atoms with E-state index >= 15 is 0 Å². The summed E-state index contributed by atoms with van der Waals surface area (Å²) in [6.45, 7) is 1.58. The van der Waals surface area contributed by atoms with E-state index in [1.807, 2.05) is 0 Å². The largest absolute Gasteiger partial charge is 0.389 e. The first-order valence-electron chi connectivity index (χ1n) is 10.8. The van der Waals surface area contributed by atoms with Crippen molar-refractivity contribution in [2.75, 3.05) is 11.1 Å². The van der Waals surface area contributed by atoms with Crippen LogP contribution in [-0.4, -0.2) is 46.8 Å². The Hall–Kier alpha value is -4.23. The normalized spacial score (nSPS) is 17.4. The minimum atomic E-state index is -4.29. The quantitative estimate of drug-likeness (QED) is 0.398. The second kappa shape index (κ2) is 8.17. The Morgan fingerprint density at radius 1 is 1.14 bits per heavy atom. The number of rotatable bonds is 5. The molecule has 1 atom stereocenters. The predicted molar refractivity (Wildman–Crippen MR) is 120 cm³/mol. The molecule has 186 valence electrons. The van der Waals surface area contributed by atoms with Crippen LogP contribution in [0.1, 0.15) is 36.8 Å². The highest BCUT2D eigenvalue weighted by molar-refractivity contribution is 6.09. The van der Waals surface area contributed by atoms with E-state index in [1.54, 1.807) is 14.0 Å². The number of nitrogen functional groups attached to an aromatic ring is 1. The van der Waals surface area contributed by atoms with Gasteiger partial charge in [-0.25, -0.2) is 24.3 Å². The van der Waals surface area contributed by atoms with E-state index in [1.165, 1.54) is 23.0 Å². The number of carbonyl (C=O) groups excluding carboxylic acids is 1. The van der Waals surface area contributed by atoms with Crippen LogP contribution >= 0.6 is 0 Å². The average molecular weight is 501 g/mol. The number of nitrogens with zero attached hydrogens (tertiary/aromatic N) is 7. The molecule has 4 aromatic heterocycles. The Morgan fingerprint density at radius 2 is 1.92 bits per heavy atom. The lowest BCUT2D eigenvalue weighted by Crippen LogP contribution is -2.34. The van der Waals surface area contributed by atoms with Crippen molar-refractivity contribution < 1.29 is 22.4 Å². The first kappa shape index (κ1) is 23.5. The van der Waals surface area contributed by atoms with E-state index in [-0.39, 0.29) is 53.1 Å². The van der Waals surface area contributed by atoms with Gasteiger partial charge in [-0.1, -0.05) is 0 Å². The smallest absolute Gasteiger partial charge is 0.383 e. The fraction of sp³-hybridized carbons (Fsp3) is 0.318. The number of pyridine rings is 1. The van der Waals surface area contributed by atoms with E-state index in [0.717, 1.165) is 6.20 Å². The van der Waals surface area contributed by atoms with Gasteiger partial charge in [0.15, 0.2) is 11.5 Å². The van der Waals surface area contributed by atoms with Crippen LogP contribution in [0.5, 0.6) is 0 Å². The summed E-state index contributed by atoms with van der Waals surface area (Å²) in [6.07, 6.45) is -3.00. The molecule has 0 radical (unpaired) electrons. The monoisotopic (exact) mass is 501 g/mol. The van der Waals surface area contributed by atoms with Gasteiger partial charge in [-0.15, -0.1) is 0 Å². The van der Waals surface area contributed by atoms with Crippen molar-refractivity contribution in [2.45, 2.75) is 37.8 Å². The van der Waals surface area contributed by atoms with Gasteiger partial charge >= 0.3 is 6.18 Å². The van der Waals surface area contributed by atoms with Crippen LogP contribution in [0.4, 0.5) is 29.2 Å². The zero-order valence-corrected chi connectivity index (χ0v) is 19.1. The Balaban J connectivity index is 1.60. The zero-order valence-electron chi connectivity index (χ0n) is 19.1. The Labute approximate surface area is 201 Å². The van der Waals surface area contributed by atoms with Crippen molar-refractivity contribution >= 4 is 28.6 Å². The first-order valence-corrected chi connectivity index (χ1v) is 10.8. The van der Waals surface area contributed by atoms with Gasteiger partial charge in [0.05, 0.1) is 29.0 Å². The number of anilines is 2. The maximum atomic E-state index is 13.4. The highest BCUT2D eigenvalue weighted by Crippen LogP contribution is 2.44. The number of fused-ring (bicyclic) bond motifs is 2. The molecule has 4 aromatic rings. The van der Waals surface area contributed by atoms with Crippen molar-refractivity contribution in [3.8, 4) is 11.5 Å². The SMILES string of the molecule is Cn1ncc2c(-c3nc(N)c4c(n3)NC(=O)C4(C)c3ccc(F)cn3)nc(CCCC(F)(F)F)nc21. The summed E-state index contributed by atoms with van der Waals surface area (Å²) in [5, 5.41) is 7.30. The third-order valence-electron chi connectivity index (χ3n) is 6.07. The summed E-state index contributed by atoms with van der Waals surface area (Å²) < 4.78 is 52.8. The van der Waals surface area contributed by atoms with E-state index in [2.05, 4.69) is 35.3 Å². The van der Waals surface area contributed by atoms with Crippen LogP contribution in [0.3, 0.4) is 0 Å². The average Bonchev–Trinajstić information content (AvgIpc) is 3.30. The number of nitrogens with two attached hydrogens (primary N) is 1. The first-order chi connectivity index (χ1) is 17.0. The second-order valence-electron chi connectivity index (χ2n) is 8.56. The number of amides is 1. The third-order valence-corrected chi connectivity index (χ3v) is 6.07. The summed E-state index contributed by atoms with van der Waals surface area (Å²) >= 11 is 0. The molecule has 36 heavy (non-hydrogen) atoms. The molecule has 1 aliphatic heterocycles. The molecule has 3 N–H and O–H groups in total. The number of aromatic nitrogens is 7. The molecule has 5 rings (SSSR count). The standard InChI is InChI=1S/C22H19F4N9O/c1-21(12-6-5-10(23)8-28-12)14-16(27)32-18(33-17(14)34-20(21)36)15-11-9-29-35(2)19(11)31-13(30-15)4-3-7-22(24,25)26/h5-6,8-9H,3-4,7H2,1-2H3,(H3,27,32,33,34,36). The summed E-state index contributed by atoms with van der Waals surface area (Å²) in [7, 11) is 1.64. The van der Waals surface area contributed by atoms with Crippen LogP contribution in [-0.2, 0) is 23.7 Å². The predicted octanol–water partition coefficient (Wildman–Crippen LogP) is 3.08. The highest BCUT2D eigenvalue weighted by Gasteiger charge is 2.48. The molecule has 1 amide bonds. The van der Waals surface area contributed by atoms with Crippen LogP contribution in [0.15, 0.2) is 24.5 Å². The van der Waals surface area contributed by atoms with Crippen LogP contribution in [0.25, 0.3) is 22.6 Å². The van der Waals surface area contributed by atoms with Crippen molar-refractivity contribution in [1.82, 2.24) is 34.7 Å². The highest BCUT2D eigenvalue weighted by atomic mass is 19.4. The van der Waals surface area contributed by atoms with Gasteiger partial charge < -0.3 is 11.1 Å². The van der Waals surface area contributed by atoms with Crippen molar-refractivity contribution in [1.29, 1.82) is 0 Å². The molecular formula is C22H19F4N9O. The molecule has 0 saturated heterocycles. The molecule has 5 heterocycles. The molecule has 0 spiro atoms. The topological polar surface area (TPSA) is 137 Å². The molecule has 10 nitrogen and oxygen atoms in total. The lowest BCUT2D eigenvalue weighted by molar-refractivity contribution is -0.135. The van der Waals surface area contributed by atoms with Gasteiger partial charge in [-0.05, 0) is 25.5 Å². The molecule has 1 aliphatic rings. The number of halogens is 4. The number of aryl methyl sites for hydroxylation is 2. The molecule has 1 unspecified atom stereocenters. The van der Waals surface area contributed by atoms with Gasteiger partial charge in [0.1, 0.15) is 34.4 Å². The van der Waals surface area contributed by atoms with Gasteiger partial charge in [-0.3, -0.25) is 14.5 Å². The Morgan fingerprint density at radius 3 is 2.61 bits per heavy atom. The number of hydrogen-bond donors (Lipinski definition) is 2.